The largest absolute Gasteiger partial charge is 0.493 e. The number of allylic oxidation sites excluding steroid dienone is 1. The summed E-state index contributed by atoms with van der Waals surface area (Å²) in [4.78, 5) is 18.7. The molecule has 0 N–H and O–H groups in total. The Balaban J connectivity index is 1.57. The molecule has 0 bridgehead atoms. The zero-order valence-electron chi connectivity index (χ0n) is 24.2. The van der Waals surface area contributed by atoms with Gasteiger partial charge in [0, 0.05) is 10.6 Å². The first kappa shape index (κ1) is 29.5. The van der Waals surface area contributed by atoms with E-state index in [4.69, 9.17) is 39.7 Å². The maximum absolute atomic E-state index is 14.1. The third-order valence-electron chi connectivity index (χ3n) is 6.58. The molecular formula is C34H30ClNO7. The van der Waals surface area contributed by atoms with Crippen LogP contribution in [-0.4, -0.2) is 38.7 Å². The van der Waals surface area contributed by atoms with E-state index >= 15 is 0 Å². The van der Waals surface area contributed by atoms with Crippen molar-refractivity contribution in [1.29, 1.82) is 0 Å². The highest BCUT2D eigenvalue weighted by molar-refractivity contribution is 6.32. The summed E-state index contributed by atoms with van der Waals surface area (Å²) in [5.74, 6) is 1.99. The van der Waals surface area contributed by atoms with E-state index in [0.29, 0.717) is 69.2 Å². The monoisotopic (exact) mass is 599 g/mol. The number of Topliss-reactive ketones (excluding diaryl/α,β-unsaturated/α-hetero) is 1. The predicted octanol–water partition coefficient (Wildman–Crippen LogP) is 7.91. The van der Waals surface area contributed by atoms with Gasteiger partial charge in [-0.25, -0.2) is 4.98 Å². The topological polar surface area (TPSA) is 89.3 Å². The van der Waals surface area contributed by atoms with Crippen LogP contribution in [0.3, 0.4) is 0 Å². The first-order valence-corrected chi connectivity index (χ1v) is 13.9. The van der Waals surface area contributed by atoms with Crippen LogP contribution in [0, 0.1) is 0 Å². The smallest absolute Gasteiger partial charge is 0.231 e. The molecule has 0 amide bonds. The van der Waals surface area contributed by atoms with E-state index in [0.717, 1.165) is 5.56 Å². The second kappa shape index (κ2) is 13.4. The Kier molecular flexibility index (Phi) is 9.17. The van der Waals surface area contributed by atoms with Crippen LogP contribution in [0.15, 0.2) is 83.3 Å². The molecule has 0 fully saturated rings. The van der Waals surface area contributed by atoms with Gasteiger partial charge in [0.1, 0.15) is 12.1 Å². The summed E-state index contributed by atoms with van der Waals surface area (Å²) < 4.78 is 34.4. The molecule has 0 spiro atoms. The minimum Gasteiger partial charge on any atom is -0.493 e. The van der Waals surface area contributed by atoms with Gasteiger partial charge < -0.3 is 28.1 Å². The fourth-order valence-corrected chi connectivity index (χ4v) is 4.62. The maximum atomic E-state index is 14.1. The first-order valence-electron chi connectivity index (χ1n) is 13.5. The number of carbonyl (C=O) groups is 1. The Morgan fingerprint density at radius 2 is 1.56 bits per heavy atom. The van der Waals surface area contributed by atoms with Crippen molar-refractivity contribution < 1.29 is 32.9 Å². The lowest BCUT2D eigenvalue weighted by Crippen LogP contribution is -2.06. The van der Waals surface area contributed by atoms with Crippen LogP contribution in [0.1, 0.15) is 34.3 Å². The zero-order valence-corrected chi connectivity index (χ0v) is 24.9. The van der Waals surface area contributed by atoms with Crippen LogP contribution in [0.25, 0.3) is 22.7 Å². The van der Waals surface area contributed by atoms with Crippen molar-refractivity contribution in [1.82, 2.24) is 4.98 Å². The molecule has 4 aromatic carbocycles. The molecule has 0 aliphatic heterocycles. The van der Waals surface area contributed by atoms with Crippen molar-refractivity contribution in [3.63, 3.8) is 0 Å². The molecule has 5 aromatic rings. The fraction of sp³-hybridized carbons (Fsp3) is 0.176. The minimum absolute atomic E-state index is 0.168. The lowest BCUT2D eigenvalue weighted by molar-refractivity contribution is 0.105. The number of methoxy groups -OCH3 is 3. The zero-order chi connectivity index (χ0) is 30.3. The number of rotatable bonds is 12. The number of para-hydroxylation sites is 2. The highest BCUT2D eigenvalue weighted by Gasteiger charge is 2.24. The second-order valence-electron chi connectivity index (χ2n) is 9.34. The molecule has 1 aromatic heterocycles. The minimum atomic E-state index is -0.355. The number of ketones is 1. The molecule has 0 aliphatic rings. The molecule has 0 unspecified atom stereocenters. The van der Waals surface area contributed by atoms with Gasteiger partial charge in [-0.15, -0.1) is 0 Å². The number of aromatic nitrogens is 1. The van der Waals surface area contributed by atoms with E-state index in [1.54, 1.807) is 30.3 Å². The van der Waals surface area contributed by atoms with Crippen LogP contribution in [-0.2, 0) is 6.61 Å². The van der Waals surface area contributed by atoms with Crippen molar-refractivity contribution >= 4 is 40.1 Å². The lowest BCUT2D eigenvalue weighted by Gasteiger charge is -2.14. The molecule has 5 rings (SSSR count). The Labute approximate surface area is 254 Å². The molecule has 43 heavy (non-hydrogen) atoms. The number of carbonyl (C=O) groups excluding carboxylic acids is 1. The number of benzene rings is 4. The van der Waals surface area contributed by atoms with Gasteiger partial charge in [-0.1, -0.05) is 41.9 Å². The van der Waals surface area contributed by atoms with Gasteiger partial charge in [0.05, 0.1) is 33.5 Å². The van der Waals surface area contributed by atoms with Crippen LogP contribution < -0.4 is 23.7 Å². The van der Waals surface area contributed by atoms with Crippen LogP contribution >= 0.6 is 11.6 Å². The highest BCUT2D eigenvalue weighted by Crippen LogP contribution is 2.40. The molecule has 0 aliphatic carbocycles. The van der Waals surface area contributed by atoms with Crippen molar-refractivity contribution in [3.8, 4) is 28.7 Å². The molecule has 1 heterocycles. The van der Waals surface area contributed by atoms with Gasteiger partial charge in [0.2, 0.25) is 11.6 Å². The summed E-state index contributed by atoms with van der Waals surface area (Å²) in [6.07, 6.45) is 1.71. The van der Waals surface area contributed by atoms with Crippen molar-refractivity contribution in [3.05, 3.63) is 106 Å². The highest BCUT2D eigenvalue weighted by atomic mass is 35.5. The second-order valence-corrected chi connectivity index (χ2v) is 9.78. The number of ether oxygens (including phenoxy) is 5. The molecule has 220 valence electrons. The SMILES string of the molecule is CCOc1cc(/C=C(/C(=O)c2cc(OC)c(OC)c(OC)c2)c2nc3ccccc3o2)ccc1OCc1ccc(Cl)cc1. The standard InChI is InChI=1S/C34H30ClNO7/c1-5-41-29-17-22(12-15-28(29)42-20-21-10-13-24(35)14-11-21)16-25(34-36-26-8-6-7-9-27(26)43-34)32(37)23-18-30(38-2)33(40-4)31(19-23)39-3/h6-19H,5,20H2,1-4H3/b25-16-. The maximum Gasteiger partial charge on any atom is 0.231 e. The third-order valence-corrected chi connectivity index (χ3v) is 6.83. The molecule has 8 nitrogen and oxygen atoms in total. The average molecular weight is 600 g/mol. The molecule has 0 saturated heterocycles. The third kappa shape index (κ3) is 6.60. The summed E-state index contributed by atoms with van der Waals surface area (Å²) in [6, 6.07) is 23.4. The van der Waals surface area contributed by atoms with Gasteiger partial charge >= 0.3 is 0 Å². The van der Waals surface area contributed by atoms with Crippen LogP contribution in [0.2, 0.25) is 5.02 Å². The van der Waals surface area contributed by atoms with E-state index in [9.17, 15) is 4.79 Å². The van der Waals surface area contributed by atoms with Gasteiger partial charge in [0.15, 0.2) is 34.4 Å². The quantitative estimate of drug-likeness (QED) is 0.106. The molecule has 0 radical (unpaired) electrons. The summed E-state index contributed by atoms with van der Waals surface area (Å²) in [5.41, 5.74) is 3.35. The number of fused-ring (bicyclic) bond motifs is 1. The van der Waals surface area contributed by atoms with Gasteiger partial charge in [-0.2, -0.15) is 0 Å². The fourth-order valence-electron chi connectivity index (χ4n) is 4.49. The van der Waals surface area contributed by atoms with Gasteiger partial charge in [-0.3, -0.25) is 4.79 Å². The normalized spacial score (nSPS) is 11.3. The van der Waals surface area contributed by atoms with E-state index in [-0.39, 0.29) is 17.2 Å². The van der Waals surface area contributed by atoms with E-state index < -0.39 is 0 Å². The van der Waals surface area contributed by atoms with E-state index in [1.165, 1.54) is 21.3 Å². The van der Waals surface area contributed by atoms with Crippen LogP contribution in [0.5, 0.6) is 28.7 Å². The van der Waals surface area contributed by atoms with Crippen molar-refractivity contribution in [2.75, 3.05) is 27.9 Å². The predicted molar refractivity (Wildman–Crippen MR) is 166 cm³/mol. The van der Waals surface area contributed by atoms with Crippen LogP contribution in [0.4, 0.5) is 0 Å². The summed E-state index contributed by atoms with van der Waals surface area (Å²) >= 11 is 6.01. The van der Waals surface area contributed by atoms with E-state index in [1.807, 2.05) is 61.5 Å². The summed E-state index contributed by atoms with van der Waals surface area (Å²) in [7, 11) is 4.49. The Hall–Kier alpha value is -4.95. The van der Waals surface area contributed by atoms with Crippen molar-refractivity contribution in [2.24, 2.45) is 0 Å². The Bertz CT molecular complexity index is 1720. The van der Waals surface area contributed by atoms with Crippen molar-refractivity contribution in [2.45, 2.75) is 13.5 Å². The number of hydrogen-bond acceptors (Lipinski definition) is 8. The average Bonchev–Trinajstić information content (AvgIpc) is 3.47. The molecule has 0 saturated carbocycles. The summed E-state index contributed by atoms with van der Waals surface area (Å²) in [6.45, 7) is 2.65. The number of oxazole rings is 1. The number of nitrogens with zero attached hydrogens (tertiary/aromatic N) is 1. The summed E-state index contributed by atoms with van der Waals surface area (Å²) in [5, 5.41) is 0.658. The Morgan fingerprint density at radius 1 is 0.837 bits per heavy atom. The lowest BCUT2D eigenvalue weighted by atomic mass is 9.99. The Morgan fingerprint density at radius 3 is 2.21 bits per heavy atom. The van der Waals surface area contributed by atoms with Gasteiger partial charge in [0.25, 0.3) is 0 Å². The molecule has 9 heteroatoms. The molecular weight excluding hydrogens is 570 g/mol. The first-order chi connectivity index (χ1) is 20.9. The van der Waals surface area contributed by atoms with Gasteiger partial charge in [-0.05, 0) is 72.7 Å². The molecule has 0 atom stereocenters. The number of hydrogen-bond donors (Lipinski definition) is 0. The number of halogens is 1. The van der Waals surface area contributed by atoms with E-state index in [2.05, 4.69) is 4.98 Å².